The van der Waals surface area contributed by atoms with Crippen molar-refractivity contribution in [2.45, 2.75) is 25.2 Å². The molecule has 3 aromatic heterocycles. The molecule has 15 heteroatoms. The zero-order valence-corrected chi connectivity index (χ0v) is 38.3. The zero-order valence-electron chi connectivity index (χ0n) is 36.0. The van der Waals surface area contributed by atoms with Crippen LogP contribution in [0.1, 0.15) is 40.6 Å². The summed E-state index contributed by atoms with van der Waals surface area (Å²) in [5.74, 6) is 1.11. The fourth-order valence-electron chi connectivity index (χ4n) is 7.47. The summed E-state index contributed by atoms with van der Waals surface area (Å²) in [5.41, 5.74) is 8.68. The maximum Gasteiger partial charge on any atom is 0.236 e. The van der Waals surface area contributed by atoms with Crippen molar-refractivity contribution in [1.29, 1.82) is 0 Å². The molecule has 336 valence electrons. The second kappa shape index (κ2) is 23.1. The summed E-state index contributed by atoms with van der Waals surface area (Å²) < 4.78 is 31.6. The van der Waals surface area contributed by atoms with Crippen LogP contribution in [0.2, 0.25) is 5.02 Å². The van der Waals surface area contributed by atoms with E-state index in [1.807, 2.05) is 79.7 Å². The van der Waals surface area contributed by atoms with Crippen molar-refractivity contribution in [3.05, 3.63) is 171 Å². The highest BCUT2D eigenvalue weighted by atomic mass is 79.9. The summed E-state index contributed by atoms with van der Waals surface area (Å²) in [6, 6.07) is 39.5. The maximum absolute atomic E-state index is 13.4. The van der Waals surface area contributed by atoms with Crippen molar-refractivity contribution in [3.63, 3.8) is 0 Å². The third-order valence-corrected chi connectivity index (χ3v) is 11.7. The molecular weight excluding hydrogens is 909 g/mol. The number of aromatic nitrogens is 3. The quantitative estimate of drug-likeness (QED) is 0.0768. The maximum atomic E-state index is 13.4. The van der Waals surface area contributed by atoms with Crippen molar-refractivity contribution in [3.8, 4) is 0 Å². The molecule has 12 nitrogen and oxygen atoms in total. The average molecular weight is 961 g/mol. The number of hydrogen-bond donors (Lipinski definition) is 6. The van der Waals surface area contributed by atoms with Crippen molar-refractivity contribution < 1.29 is 18.6 Å². The van der Waals surface area contributed by atoms with E-state index in [1.165, 1.54) is 17.3 Å². The van der Waals surface area contributed by atoms with Crippen molar-refractivity contribution in [2.75, 3.05) is 75.0 Å². The third-order valence-electron chi connectivity index (χ3n) is 10.9. The fourth-order valence-corrected chi connectivity index (χ4v) is 8.18. The lowest BCUT2D eigenvalue weighted by molar-refractivity contribution is 0.0276. The summed E-state index contributed by atoms with van der Waals surface area (Å²) >= 11 is 9.78. The molecule has 6 heterocycles. The first-order chi connectivity index (χ1) is 31.8. The minimum absolute atomic E-state index is 0.0907. The van der Waals surface area contributed by atoms with Gasteiger partial charge in [-0.25, -0.2) is 15.0 Å². The number of para-hydroxylation sites is 1. The van der Waals surface area contributed by atoms with Gasteiger partial charge in [-0.3, -0.25) is 0 Å². The van der Waals surface area contributed by atoms with Gasteiger partial charge < -0.3 is 46.1 Å². The molecule has 4 aromatic carbocycles. The Morgan fingerprint density at radius 2 is 1.15 bits per heavy atom. The molecule has 3 fully saturated rings. The first-order valence-corrected chi connectivity index (χ1v) is 22.9. The van der Waals surface area contributed by atoms with Crippen LogP contribution in [-0.4, -0.2) is 74.0 Å². The third kappa shape index (κ3) is 13.1. The van der Waals surface area contributed by atoms with Gasteiger partial charge in [0.2, 0.25) is 5.95 Å². The van der Waals surface area contributed by atoms with Gasteiger partial charge in [0.25, 0.3) is 0 Å². The molecule has 3 aliphatic heterocycles. The fraction of sp³-hybridized carbons (Fsp3) is 0.260. The largest absolute Gasteiger partial charge is 0.371 e. The number of halogens is 3. The van der Waals surface area contributed by atoms with E-state index in [0.29, 0.717) is 10.7 Å². The molecule has 0 amide bonds. The summed E-state index contributed by atoms with van der Waals surface area (Å²) in [6.45, 7) is 9.60. The number of aryl methyl sites for hydroxylation is 1. The van der Waals surface area contributed by atoms with Crippen LogP contribution in [0.5, 0.6) is 0 Å². The SMILES string of the molecule is Cc1cc(Br)cnc1Nc1ccc([C@H]2CNCCO2)cc1.Clc1cc(Nc2ccc([C@H]3CNCCO3)cc2)nc2ccccc12.Fc1ncccc1Nc1ccc([C@H]2CNCCO2)cc1. The Labute approximate surface area is 392 Å². The van der Waals surface area contributed by atoms with Crippen LogP contribution in [-0.2, 0) is 14.2 Å². The molecule has 3 aliphatic rings. The molecule has 3 saturated heterocycles. The molecule has 7 aromatic rings. The lowest BCUT2D eigenvalue weighted by Gasteiger charge is -2.24. The number of anilines is 6. The normalized spacial score (nSPS) is 18.3. The van der Waals surface area contributed by atoms with Crippen molar-refractivity contribution >= 4 is 72.8 Å². The van der Waals surface area contributed by atoms with Crippen LogP contribution in [0, 0.1) is 12.9 Å². The van der Waals surface area contributed by atoms with Crippen molar-refractivity contribution in [2.24, 2.45) is 0 Å². The predicted octanol–water partition coefficient (Wildman–Crippen LogP) is 10.5. The Hall–Kier alpha value is -5.55. The number of fused-ring (bicyclic) bond motifs is 1. The van der Waals surface area contributed by atoms with Crippen LogP contribution in [0.4, 0.5) is 38.8 Å². The van der Waals surface area contributed by atoms with Gasteiger partial charge >= 0.3 is 0 Å². The number of pyridine rings is 3. The lowest BCUT2D eigenvalue weighted by Crippen LogP contribution is -2.33. The van der Waals surface area contributed by atoms with Gasteiger partial charge in [-0.2, -0.15) is 4.39 Å². The molecule has 0 unspecified atom stereocenters. The summed E-state index contributed by atoms with van der Waals surface area (Å²) in [6.07, 6.45) is 3.59. The van der Waals surface area contributed by atoms with Crippen LogP contribution >= 0.6 is 27.5 Å². The lowest BCUT2D eigenvalue weighted by atomic mass is 10.1. The zero-order chi connectivity index (χ0) is 44.8. The molecule has 6 N–H and O–H groups in total. The number of rotatable bonds is 9. The number of benzene rings is 4. The average Bonchev–Trinajstić information content (AvgIpc) is 3.35. The number of hydrogen-bond acceptors (Lipinski definition) is 12. The van der Waals surface area contributed by atoms with E-state index in [9.17, 15) is 4.39 Å². The van der Waals surface area contributed by atoms with E-state index < -0.39 is 5.95 Å². The van der Waals surface area contributed by atoms with Crippen LogP contribution < -0.4 is 31.9 Å². The molecule has 0 aliphatic carbocycles. The Bertz CT molecular complexity index is 2590. The number of morpholine rings is 3. The highest BCUT2D eigenvalue weighted by molar-refractivity contribution is 9.10. The number of ether oxygens (including phenoxy) is 3. The van der Waals surface area contributed by atoms with Gasteiger partial charge in [0.1, 0.15) is 11.6 Å². The Morgan fingerprint density at radius 3 is 1.66 bits per heavy atom. The Balaban J connectivity index is 0.000000134. The second-order valence-electron chi connectivity index (χ2n) is 15.6. The molecule has 0 radical (unpaired) electrons. The summed E-state index contributed by atoms with van der Waals surface area (Å²) in [7, 11) is 0. The number of nitrogens with zero attached hydrogens (tertiary/aromatic N) is 3. The minimum atomic E-state index is -0.503. The van der Waals surface area contributed by atoms with E-state index in [1.54, 1.807) is 18.3 Å². The van der Waals surface area contributed by atoms with Gasteiger partial charge in [-0.1, -0.05) is 66.2 Å². The van der Waals surface area contributed by atoms with Gasteiger partial charge in [0.15, 0.2) is 0 Å². The van der Waals surface area contributed by atoms with E-state index in [4.69, 9.17) is 25.8 Å². The topological polar surface area (TPSA) is 139 Å². The summed E-state index contributed by atoms with van der Waals surface area (Å²) in [4.78, 5) is 12.6. The molecular formula is C50H52BrClFN9O3. The standard InChI is InChI=1S/C19H18ClN3O.C16H18BrN3O.C15H16FN3O/c20-16-11-19(23-17-4-2-1-3-15(16)17)22-14-7-5-13(6-8-14)18-12-21-9-10-24-18;1-11-8-13(17)9-19-16(11)20-14-4-2-12(3-5-14)15-10-18-6-7-21-15;16-15-13(2-1-7-18-15)19-12-5-3-11(4-6-12)14-10-17-8-9-20-14/h1-8,11,18,21H,9-10,12H2,(H,22,23);2-5,8-9,15,18H,6-7,10H2,1H3,(H,19,20);1-7,14,17,19H,8-10H2/t18-;15-;14-/m111/s1. The predicted molar refractivity (Wildman–Crippen MR) is 261 cm³/mol. The number of nitrogens with one attached hydrogen (secondary N) is 6. The molecule has 0 spiro atoms. The molecule has 3 atom stereocenters. The second-order valence-corrected chi connectivity index (χ2v) is 16.9. The van der Waals surface area contributed by atoms with Crippen LogP contribution in [0.25, 0.3) is 10.9 Å². The van der Waals surface area contributed by atoms with Crippen molar-refractivity contribution in [1.82, 2.24) is 30.9 Å². The van der Waals surface area contributed by atoms with E-state index in [0.717, 1.165) is 114 Å². The molecule has 10 rings (SSSR count). The van der Waals surface area contributed by atoms with Crippen LogP contribution in [0.3, 0.4) is 0 Å². The minimum Gasteiger partial charge on any atom is -0.371 e. The molecule has 0 bridgehead atoms. The van der Waals surface area contributed by atoms with E-state index in [-0.39, 0.29) is 18.3 Å². The van der Waals surface area contributed by atoms with Gasteiger partial charge in [-0.15, -0.1) is 0 Å². The monoisotopic (exact) mass is 959 g/mol. The first-order valence-electron chi connectivity index (χ1n) is 21.7. The first kappa shape index (κ1) is 46.0. The Kier molecular flexibility index (Phi) is 16.3. The van der Waals surface area contributed by atoms with Gasteiger partial charge in [-0.05, 0) is 106 Å². The van der Waals surface area contributed by atoms with Gasteiger partial charge in [0, 0.05) is 84.6 Å². The smallest absolute Gasteiger partial charge is 0.236 e. The highest BCUT2D eigenvalue weighted by Crippen LogP contribution is 2.29. The van der Waals surface area contributed by atoms with E-state index in [2.05, 4.69) is 99.2 Å². The van der Waals surface area contributed by atoms with Crippen LogP contribution in [0.15, 0.2) is 138 Å². The highest BCUT2D eigenvalue weighted by Gasteiger charge is 2.18. The molecule has 65 heavy (non-hydrogen) atoms. The summed E-state index contributed by atoms with van der Waals surface area (Å²) in [5, 5.41) is 21.3. The molecule has 0 saturated carbocycles. The van der Waals surface area contributed by atoms with E-state index >= 15 is 0 Å². The van der Waals surface area contributed by atoms with Gasteiger partial charge in [0.05, 0.1) is 54.4 Å². The Morgan fingerprint density at radius 1 is 0.631 bits per heavy atom.